The molecule has 1 atom stereocenters. The van der Waals surface area contributed by atoms with E-state index in [2.05, 4.69) is 28.9 Å². The summed E-state index contributed by atoms with van der Waals surface area (Å²) in [4.78, 5) is 17.0. The lowest BCUT2D eigenvalue weighted by molar-refractivity contribution is -0.133. The number of thioether (sulfide) groups is 1. The lowest BCUT2D eigenvalue weighted by atomic mass is 10.2. The number of morpholine rings is 1. The Kier molecular flexibility index (Phi) is 5.38. The van der Waals surface area contributed by atoms with Crippen LogP contribution in [0.25, 0.3) is 0 Å². The summed E-state index contributed by atoms with van der Waals surface area (Å²) in [6, 6.07) is 0.457. The van der Waals surface area contributed by atoms with Gasteiger partial charge in [0.1, 0.15) is 6.10 Å². The van der Waals surface area contributed by atoms with Crippen LogP contribution < -0.4 is 0 Å². The first-order chi connectivity index (χ1) is 9.56. The van der Waals surface area contributed by atoms with Crippen molar-refractivity contribution in [3.63, 3.8) is 0 Å². The van der Waals surface area contributed by atoms with Gasteiger partial charge in [0.25, 0.3) is 0 Å². The molecule has 0 saturated carbocycles. The molecule has 112 valence electrons. The molecule has 1 unspecified atom stereocenters. The Morgan fingerprint density at radius 3 is 3.10 bits per heavy atom. The number of aliphatic carboxylic acids is 1. The van der Waals surface area contributed by atoms with Gasteiger partial charge in [-0.15, -0.1) is 11.8 Å². The molecule has 0 amide bonds. The highest BCUT2D eigenvalue weighted by Gasteiger charge is 2.27. The van der Waals surface area contributed by atoms with Gasteiger partial charge in [-0.25, -0.2) is 0 Å². The van der Waals surface area contributed by atoms with Crippen molar-refractivity contribution in [2.75, 3.05) is 25.4 Å². The van der Waals surface area contributed by atoms with Crippen molar-refractivity contribution in [2.45, 2.75) is 31.7 Å². The maximum atomic E-state index is 10.4. The molecular formula is C12H19N3O4S. The fraction of sp³-hybridized carbons (Fsp3) is 0.750. The lowest BCUT2D eigenvalue weighted by Crippen LogP contribution is -2.42. The van der Waals surface area contributed by atoms with Crippen molar-refractivity contribution in [3.05, 3.63) is 11.7 Å². The molecule has 0 radical (unpaired) electrons. The van der Waals surface area contributed by atoms with Gasteiger partial charge in [0.15, 0.2) is 0 Å². The number of ether oxygens (including phenoxy) is 1. The van der Waals surface area contributed by atoms with Crippen LogP contribution in [-0.2, 0) is 15.3 Å². The summed E-state index contributed by atoms with van der Waals surface area (Å²) >= 11 is 1.23. The van der Waals surface area contributed by atoms with Crippen molar-refractivity contribution in [3.8, 4) is 0 Å². The minimum absolute atomic E-state index is 0.0266. The minimum atomic E-state index is -0.849. The highest BCUT2D eigenvalue weighted by atomic mass is 32.2. The zero-order valence-corrected chi connectivity index (χ0v) is 12.4. The summed E-state index contributed by atoms with van der Waals surface area (Å²) in [6.07, 6.45) is -0.173. The monoisotopic (exact) mass is 301 g/mol. The fourth-order valence-corrected chi connectivity index (χ4v) is 2.55. The highest BCUT2D eigenvalue weighted by Crippen LogP contribution is 2.22. The first-order valence-corrected chi connectivity index (χ1v) is 7.69. The predicted molar refractivity (Wildman–Crippen MR) is 73.5 cm³/mol. The van der Waals surface area contributed by atoms with E-state index >= 15 is 0 Å². The Morgan fingerprint density at radius 1 is 1.60 bits per heavy atom. The molecule has 20 heavy (non-hydrogen) atoms. The zero-order chi connectivity index (χ0) is 14.5. The molecule has 1 aliphatic heterocycles. The largest absolute Gasteiger partial charge is 0.481 e. The number of carbonyl (C=O) groups is 1. The maximum absolute atomic E-state index is 10.4. The first kappa shape index (κ1) is 15.3. The van der Waals surface area contributed by atoms with E-state index in [9.17, 15) is 4.79 Å². The van der Waals surface area contributed by atoms with Gasteiger partial charge in [0.2, 0.25) is 11.7 Å². The van der Waals surface area contributed by atoms with Crippen molar-refractivity contribution >= 4 is 17.7 Å². The number of nitrogens with zero attached hydrogens (tertiary/aromatic N) is 3. The fourth-order valence-electron chi connectivity index (χ4n) is 1.98. The molecule has 1 aliphatic rings. The summed E-state index contributed by atoms with van der Waals surface area (Å²) in [5, 5.41) is 12.5. The van der Waals surface area contributed by atoms with Crippen molar-refractivity contribution in [1.82, 2.24) is 15.0 Å². The molecule has 0 aromatic carbocycles. The molecule has 0 aliphatic carbocycles. The SMILES string of the molecule is CC(C)N1CCOC(c2noc(CSCC(=O)O)n2)C1. The number of rotatable bonds is 6. The van der Waals surface area contributed by atoms with E-state index in [4.69, 9.17) is 14.4 Å². The second-order valence-electron chi connectivity index (χ2n) is 4.88. The van der Waals surface area contributed by atoms with Gasteiger partial charge < -0.3 is 14.4 Å². The van der Waals surface area contributed by atoms with Crippen LogP contribution in [0.1, 0.15) is 31.7 Å². The second kappa shape index (κ2) is 7.05. The van der Waals surface area contributed by atoms with Gasteiger partial charge in [-0.2, -0.15) is 4.98 Å². The Bertz CT molecular complexity index is 452. The van der Waals surface area contributed by atoms with Crippen molar-refractivity contribution in [1.29, 1.82) is 0 Å². The zero-order valence-electron chi connectivity index (χ0n) is 11.6. The van der Waals surface area contributed by atoms with Crippen LogP contribution in [0, 0.1) is 0 Å². The average Bonchev–Trinajstić information content (AvgIpc) is 2.87. The normalized spacial score (nSPS) is 20.4. The topological polar surface area (TPSA) is 88.7 Å². The van der Waals surface area contributed by atoms with Crippen LogP contribution in [0.5, 0.6) is 0 Å². The lowest BCUT2D eigenvalue weighted by Gasteiger charge is -2.34. The molecule has 2 heterocycles. The summed E-state index contributed by atoms with van der Waals surface area (Å²) in [6.45, 7) is 6.60. The third-order valence-corrected chi connectivity index (χ3v) is 3.95. The average molecular weight is 301 g/mol. The number of carboxylic acid groups (broad SMARTS) is 1. The number of carboxylic acids is 1. The Balaban J connectivity index is 1.89. The quantitative estimate of drug-likeness (QED) is 0.837. The Labute approximate surface area is 121 Å². The van der Waals surface area contributed by atoms with Gasteiger partial charge >= 0.3 is 5.97 Å². The molecule has 1 fully saturated rings. The van der Waals surface area contributed by atoms with Crippen LogP contribution in [0.4, 0.5) is 0 Å². The van der Waals surface area contributed by atoms with Gasteiger partial charge in [0, 0.05) is 19.1 Å². The molecule has 1 aromatic heterocycles. The van der Waals surface area contributed by atoms with Gasteiger partial charge in [-0.1, -0.05) is 5.16 Å². The van der Waals surface area contributed by atoms with Crippen LogP contribution in [0.3, 0.4) is 0 Å². The smallest absolute Gasteiger partial charge is 0.313 e. The summed E-state index contributed by atoms with van der Waals surface area (Å²) in [5.74, 6) is 0.564. The third-order valence-electron chi connectivity index (χ3n) is 3.05. The van der Waals surface area contributed by atoms with Crippen LogP contribution in [0.15, 0.2) is 4.52 Å². The maximum Gasteiger partial charge on any atom is 0.313 e. The molecule has 0 spiro atoms. The van der Waals surface area contributed by atoms with E-state index in [1.807, 2.05) is 0 Å². The van der Waals surface area contributed by atoms with Crippen LogP contribution in [-0.4, -0.2) is 57.6 Å². The highest BCUT2D eigenvalue weighted by molar-refractivity contribution is 7.99. The van der Waals surface area contributed by atoms with E-state index in [0.29, 0.717) is 30.1 Å². The molecular weight excluding hydrogens is 282 g/mol. The first-order valence-electron chi connectivity index (χ1n) is 6.54. The van der Waals surface area contributed by atoms with Crippen LogP contribution in [0.2, 0.25) is 0 Å². The standard InChI is InChI=1S/C12H19N3O4S/c1-8(2)15-3-4-18-9(5-15)12-13-10(19-14-12)6-20-7-11(16)17/h8-9H,3-7H2,1-2H3,(H,16,17). The molecule has 0 bridgehead atoms. The second-order valence-corrected chi connectivity index (χ2v) is 5.87. The van der Waals surface area contributed by atoms with Crippen molar-refractivity contribution in [2.24, 2.45) is 0 Å². The molecule has 1 aromatic rings. The molecule has 8 heteroatoms. The number of hydrogen-bond donors (Lipinski definition) is 1. The Hall–Kier alpha value is -1.12. The van der Waals surface area contributed by atoms with E-state index in [1.54, 1.807) is 0 Å². The third kappa shape index (κ3) is 4.19. The number of aromatic nitrogens is 2. The molecule has 7 nitrogen and oxygen atoms in total. The van der Waals surface area contributed by atoms with E-state index in [-0.39, 0.29) is 11.9 Å². The van der Waals surface area contributed by atoms with Gasteiger partial charge in [0.05, 0.1) is 18.1 Å². The summed E-state index contributed by atoms with van der Waals surface area (Å²) in [7, 11) is 0. The minimum Gasteiger partial charge on any atom is -0.481 e. The van der Waals surface area contributed by atoms with Crippen molar-refractivity contribution < 1.29 is 19.2 Å². The van der Waals surface area contributed by atoms with Gasteiger partial charge in [-0.3, -0.25) is 9.69 Å². The van der Waals surface area contributed by atoms with E-state index in [1.165, 1.54) is 11.8 Å². The summed E-state index contributed by atoms with van der Waals surface area (Å²) in [5.41, 5.74) is 0. The molecule has 1 saturated heterocycles. The van der Waals surface area contributed by atoms with Gasteiger partial charge in [-0.05, 0) is 13.8 Å². The number of hydrogen-bond acceptors (Lipinski definition) is 7. The van der Waals surface area contributed by atoms with Crippen LogP contribution >= 0.6 is 11.8 Å². The van der Waals surface area contributed by atoms with E-state index in [0.717, 1.165) is 13.1 Å². The molecule has 1 N–H and O–H groups in total. The predicted octanol–water partition coefficient (Wildman–Crippen LogP) is 1.17. The summed E-state index contributed by atoms with van der Waals surface area (Å²) < 4.78 is 10.8. The molecule has 2 rings (SSSR count). The van der Waals surface area contributed by atoms with E-state index < -0.39 is 5.97 Å². The Morgan fingerprint density at radius 2 is 2.40 bits per heavy atom.